The van der Waals surface area contributed by atoms with Gasteiger partial charge in [-0.25, -0.2) is 9.97 Å². The van der Waals surface area contributed by atoms with Crippen LogP contribution in [-0.2, 0) is 0 Å². The molecule has 0 saturated carbocycles. The number of benzene rings is 1. The van der Waals surface area contributed by atoms with E-state index in [4.69, 9.17) is 5.26 Å². The third kappa shape index (κ3) is 3.23. The van der Waals surface area contributed by atoms with Gasteiger partial charge in [0.2, 0.25) is 0 Å². The first-order valence-corrected chi connectivity index (χ1v) is 6.34. The van der Waals surface area contributed by atoms with Crippen molar-refractivity contribution in [2.75, 3.05) is 23.8 Å². The Morgan fingerprint density at radius 1 is 1.25 bits per heavy atom. The SMILES string of the molecule is Cc1ccc(C)c(Nc2cc(N(C)CC#N)ncn2)c1. The molecule has 1 aromatic heterocycles. The van der Waals surface area contributed by atoms with E-state index in [0.29, 0.717) is 18.2 Å². The number of hydrogen-bond donors (Lipinski definition) is 1. The summed E-state index contributed by atoms with van der Waals surface area (Å²) in [6.07, 6.45) is 1.50. The normalized spacial score (nSPS) is 9.90. The van der Waals surface area contributed by atoms with Crippen LogP contribution in [0.25, 0.3) is 0 Å². The van der Waals surface area contributed by atoms with Gasteiger partial charge in [-0.15, -0.1) is 0 Å². The van der Waals surface area contributed by atoms with Crippen LogP contribution in [-0.4, -0.2) is 23.6 Å². The van der Waals surface area contributed by atoms with Gasteiger partial charge in [0.05, 0.1) is 6.07 Å². The zero-order chi connectivity index (χ0) is 14.5. The van der Waals surface area contributed by atoms with Crippen LogP contribution in [0.3, 0.4) is 0 Å². The molecule has 1 heterocycles. The fraction of sp³-hybridized carbons (Fsp3) is 0.267. The number of nitrogens with zero attached hydrogens (tertiary/aromatic N) is 4. The molecule has 2 rings (SSSR count). The maximum Gasteiger partial charge on any atom is 0.135 e. The van der Waals surface area contributed by atoms with E-state index in [2.05, 4.69) is 46.5 Å². The summed E-state index contributed by atoms with van der Waals surface area (Å²) in [5.74, 6) is 1.43. The van der Waals surface area contributed by atoms with E-state index in [1.807, 2.05) is 20.0 Å². The van der Waals surface area contributed by atoms with Crippen LogP contribution < -0.4 is 10.2 Å². The number of hydrogen-bond acceptors (Lipinski definition) is 5. The van der Waals surface area contributed by atoms with Crippen molar-refractivity contribution in [3.05, 3.63) is 41.7 Å². The molecular weight excluding hydrogens is 250 g/mol. The maximum absolute atomic E-state index is 8.72. The molecular formula is C15H17N5. The van der Waals surface area contributed by atoms with Crippen molar-refractivity contribution < 1.29 is 0 Å². The summed E-state index contributed by atoms with van der Waals surface area (Å²) in [4.78, 5) is 10.2. The van der Waals surface area contributed by atoms with Gasteiger partial charge in [0.15, 0.2) is 0 Å². The van der Waals surface area contributed by atoms with E-state index in [-0.39, 0.29) is 0 Å². The van der Waals surface area contributed by atoms with Gasteiger partial charge < -0.3 is 10.2 Å². The Labute approximate surface area is 118 Å². The standard InChI is InChI=1S/C15H17N5/c1-11-4-5-12(2)13(8-11)19-14-9-15(18-10-17-14)20(3)7-6-16/h4-5,8-10H,7H2,1-3H3,(H,17,18,19). The number of nitriles is 1. The lowest BCUT2D eigenvalue weighted by Gasteiger charge is -2.15. The lowest BCUT2D eigenvalue weighted by molar-refractivity contribution is 0.981. The van der Waals surface area contributed by atoms with Gasteiger partial charge in [0.25, 0.3) is 0 Å². The Morgan fingerprint density at radius 2 is 2.05 bits per heavy atom. The first kappa shape index (κ1) is 13.8. The molecule has 0 fully saturated rings. The van der Waals surface area contributed by atoms with Crippen molar-refractivity contribution in [2.24, 2.45) is 0 Å². The summed E-state index contributed by atoms with van der Waals surface area (Å²) < 4.78 is 0. The number of aromatic nitrogens is 2. The van der Waals surface area contributed by atoms with Gasteiger partial charge >= 0.3 is 0 Å². The van der Waals surface area contributed by atoms with E-state index < -0.39 is 0 Å². The second-order valence-corrected chi connectivity index (χ2v) is 4.72. The van der Waals surface area contributed by atoms with Crippen LogP contribution in [0.5, 0.6) is 0 Å². The molecule has 0 bridgehead atoms. The highest BCUT2D eigenvalue weighted by molar-refractivity contribution is 5.63. The minimum Gasteiger partial charge on any atom is -0.346 e. The molecule has 2 aromatic rings. The van der Waals surface area contributed by atoms with Crippen LogP contribution in [0, 0.1) is 25.2 Å². The van der Waals surface area contributed by atoms with E-state index >= 15 is 0 Å². The van der Waals surface area contributed by atoms with Crippen molar-refractivity contribution in [1.29, 1.82) is 5.26 Å². The minimum absolute atomic E-state index is 0.292. The second-order valence-electron chi connectivity index (χ2n) is 4.72. The summed E-state index contributed by atoms with van der Waals surface area (Å²) in [6, 6.07) is 10.2. The molecule has 5 heteroatoms. The summed E-state index contributed by atoms with van der Waals surface area (Å²) in [6.45, 7) is 4.39. The van der Waals surface area contributed by atoms with Gasteiger partial charge in [-0.3, -0.25) is 0 Å². The smallest absolute Gasteiger partial charge is 0.135 e. The predicted octanol–water partition coefficient (Wildman–Crippen LogP) is 2.80. The fourth-order valence-electron chi connectivity index (χ4n) is 1.82. The molecule has 0 spiro atoms. The van der Waals surface area contributed by atoms with Crippen LogP contribution in [0.2, 0.25) is 0 Å². The summed E-state index contributed by atoms with van der Waals surface area (Å²) in [5, 5.41) is 12.0. The highest BCUT2D eigenvalue weighted by atomic mass is 15.2. The summed E-state index contributed by atoms with van der Waals surface area (Å²) >= 11 is 0. The third-order valence-corrected chi connectivity index (χ3v) is 3.01. The summed E-state index contributed by atoms with van der Waals surface area (Å²) in [7, 11) is 1.83. The highest BCUT2D eigenvalue weighted by Crippen LogP contribution is 2.22. The zero-order valence-corrected chi connectivity index (χ0v) is 11.9. The molecule has 0 aliphatic rings. The Bertz CT molecular complexity index is 645. The van der Waals surface area contributed by atoms with Crippen molar-refractivity contribution in [1.82, 2.24) is 9.97 Å². The number of nitrogens with one attached hydrogen (secondary N) is 1. The predicted molar refractivity (Wildman–Crippen MR) is 80.1 cm³/mol. The lowest BCUT2D eigenvalue weighted by Crippen LogP contribution is -2.18. The fourth-order valence-corrected chi connectivity index (χ4v) is 1.82. The van der Waals surface area contributed by atoms with Crippen molar-refractivity contribution >= 4 is 17.3 Å². The molecule has 0 atom stereocenters. The number of rotatable bonds is 4. The molecule has 0 aliphatic heterocycles. The summed E-state index contributed by atoms with van der Waals surface area (Å²) in [5.41, 5.74) is 3.37. The highest BCUT2D eigenvalue weighted by Gasteiger charge is 2.05. The number of aryl methyl sites for hydroxylation is 2. The van der Waals surface area contributed by atoms with Gasteiger partial charge in [0, 0.05) is 18.8 Å². The maximum atomic E-state index is 8.72. The van der Waals surface area contributed by atoms with Gasteiger partial charge in [-0.2, -0.15) is 5.26 Å². The molecule has 1 N–H and O–H groups in total. The molecule has 0 unspecified atom stereocenters. The first-order valence-electron chi connectivity index (χ1n) is 6.34. The minimum atomic E-state index is 0.292. The third-order valence-electron chi connectivity index (χ3n) is 3.01. The van der Waals surface area contributed by atoms with E-state index in [1.54, 1.807) is 4.90 Å². The Balaban J connectivity index is 2.24. The molecule has 0 amide bonds. The Hall–Kier alpha value is -2.61. The molecule has 0 aliphatic carbocycles. The van der Waals surface area contributed by atoms with Gasteiger partial charge in [-0.05, 0) is 31.0 Å². The monoisotopic (exact) mass is 267 g/mol. The second kappa shape index (κ2) is 6.02. The van der Waals surface area contributed by atoms with E-state index in [0.717, 1.165) is 11.3 Å². The molecule has 0 saturated heterocycles. The van der Waals surface area contributed by atoms with E-state index in [9.17, 15) is 0 Å². The molecule has 0 radical (unpaired) electrons. The van der Waals surface area contributed by atoms with Gasteiger partial charge in [0.1, 0.15) is 24.5 Å². The molecule has 1 aromatic carbocycles. The zero-order valence-electron chi connectivity index (χ0n) is 11.9. The molecule has 102 valence electrons. The van der Waals surface area contributed by atoms with Gasteiger partial charge in [-0.1, -0.05) is 12.1 Å². The quantitative estimate of drug-likeness (QED) is 0.863. The van der Waals surface area contributed by atoms with Crippen molar-refractivity contribution in [3.8, 4) is 6.07 Å². The average molecular weight is 267 g/mol. The number of anilines is 3. The largest absolute Gasteiger partial charge is 0.346 e. The average Bonchev–Trinajstić information content (AvgIpc) is 2.43. The van der Waals surface area contributed by atoms with Crippen molar-refractivity contribution in [3.63, 3.8) is 0 Å². The van der Waals surface area contributed by atoms with E-state index in [1.165, 1.54) is 11.9 Å². The Kier molecular flexibility index (Phi) is 4.16. The van der Waals surface area contributed by atoms with Crippen LogP contribution in [0.1, 0.15) is 11.1 Å². The Morgan fingerprint density at radius 3 is 2.80 bits per heavy atom. The van der Waals surface area contributed by atoms with Crippen LogP contribution >= 0.6 is 0 Å². The lowest BCUT2D eigenvalue weighted by atomic mass is 10.1. The van der Waals surface area contributed by atoms with Crippen LogP contribution in [0.4, 0.5) is 17.3 Å². The van der Waals surface area contributed by atoms with Crippen LogP contribution in [0.15, 0.2) is 30.6 Å². The molecule has 5 nitrogen and oxygen atoms in total. The van der Waals surface area contributed by atoms with Crippen molar-refractivity contribution in [2.45, 2.75) is 13.8 Å². The first-order chi connectivity index (χ1) is 9.60. The topological polar surface area (TPSA) is 64.8 Å². The molecule has 20 heavy (non-hydrogen) atoms.